The number of rotatable bonds is 5. The minimum absolute atomic E-state index is 0.238. The zero-order valence-electron chi connectivity index (χ0n) is 17.3. The van der Waals surface area contributed by atoms with Crippen LogP contribution < -0.4 is 15.5 Å². The molecule has 2 heterocycles. The maximum Gasteiger partial charge on any atom is 0.291 e. The van der Waals surface area contributed by atoms with Gasteiger partial charge in [0, 0.05) is 29.3 Å². The molecule has 0 bridgehead atoms. The van der Waals surface area contributed by atoms with Crippen LogP contribution in [0.1, 0.15) is 50.6 Å². The summed E-state index contributed by atoms with van der Waals surface area (Å²) in [6, 6.07) is 10.3. The lowest BCUT2D eigenvalue weighted by Gasteiger charge is -2.13. The van der Waals surface area contributed by atoms with E-state index in [0.717, 1.165) is 12.0 Å². The first-order valence-electron chi connectivity index (χ1n) is 9.91. The average Bonchev–Trinajstić information content (AvgIpc) is 3.15. The van der Waals surface area contributed by atoms with Crippen LogP contribution in [-0.2, 0) is 6.42 Å². The van der Waals surface area contributed by atoms with E-state index in [1.54, 1.807) is 55.9 Å². The molecule has 3 aromatic rings. The van der Waals surface area contributed by atoms with Crippen LogP contribution in [0.15, 0.2) is 58.3 Å². The van der Waals surface area contributed by atoms with Crippen molar-refractivity contribution in [3.8, 4) is 5.75 Å². The Hall–Kier alpha value is -3.94. The highest BCUT2D eigenvalue weighted by Crippen LogP contribution is 2.30. The summed E-state index contributed by atoms with van der Waals surface area (Å²) in [6.07, 6.45) is 5.40. The molecule has 8 nitrogen and oxygen atoms in total. The second-order valence-electron chi connectivity index (χ2n) is 7.14. The summed E-state index contributed by atoms with van der Waals surface area (Å²) in [5, 5.41) is 7.14. The molecule has 0 unspecified atom stereocenters. The van der Waals surface area contributed by atoms with Crippen molar-refractivity contribution >= 4 is 23.2 Å². The Bertz CT molecular complexity index is 1150. The zero-order valence-corrected chi connectivity index (χ0v) is 17.3. The van der Waals surface area contributed by atoms with E-state index in [4.69, 9.17) is 9.15 Å². The van der Waals surface area contributed by atoms with Crippen molar-refractivity contribution in [3.63, 3.8) is 0 Å². The number of nitrogens with zero attached hydrogens (tertiary/aromatic N) is 2. The average molecular weight is 418 g/mol. The molecule has 0 atom stereocenters. The van der Waals surface area contributed by atoms with Crippen LogP contribution in [0.4, 0.5) is 5.69 Å². The zero-order chi connectivity index (χ0) is 21.8. The first-order valence-corrected chi connectivity index (χ1v) is 9.91. The molecule has 1 aliphatic rings. The van der Waals surface area contributed by atoms with E-state index in [0.29, 0.717) is 46.9 Å². The standard InChI is InChI=1S/C23H22N4O4/c1-14-20-18(26-27-22(28)15-6-3-8-17(12-15)30-2)9-4-10-19(20)31-21(14)23(29)25-16-7-5-11-24-13-16/h3,5-8,11-13H,4,9-10H2,1-2H3,(H,25,29)(H,27,28)/b26-18+. The second-order valence-corrected chi connectivity index (χ2v) is 7.14. The quantitative estimate of drug-likeness (QED) is 0.615. The summed E-state index contributed by atoms with van der Waals surface area (Å²) in [7, 11) is 1.55. The maximum atomic E-state index is 12.7. The predicted molar refractivity (Wildman–Crippen MR) is 116 cm³/mol. The van der Waals surface area contributed by atoms with E-state index in [1.807, 2.05) is 6.92 Å². The molecule has 8 heteroatoms. The summed E-state index contributed by atoms with van der Waals surface area (Å²) in [4.78, 5) is 29.2. The molecule has 2 aromatic heterocycles. The van der Waals surface area contributed by atoms with Crippen LogP contribution in [0, 0.1) is 6.92 Å². The van der Waals surface area contributed by atoms with Gasteiger partial charge in [-0.3, -0.25) is 14.6 Å². The number of hydrogen-bond donors (Lipinski definition) is 2. The first kappa shape index (κ1) is 20.3. The molecule has 0 saturated heterocycles. The molecule has 0 spiro atoms. The molecular weight excluding hydrogens is 396 g/mol. The van der Waals surface area contributed by atoms with E-state index >= 15 is 0 Å². The monoisotopic (exact) mass is 418 g/mol. The lowest BCUT2D eigenvalue weighted by atomic mass is 9.93. The highest BCUT2D eigenvalue weighted by molar-refractivity contribution is 6.09. The number of pyridine rings is 1. The number of carbonyl (C=O) groups is 2. The van der Waals surface area contributed by atoms with Gasteiger partial charge < -0.3 is 14.5 Å². The summed E-state index contributed by atoms with van der Waals surface area (Å²) in [5.41, 5.74) is 5.82. The van der Waals surface area contributed by atoms with E-state index in [-0.39, 0.29) is 17.6 Å². The van der Waals surface area contributed by atoms with Gasteiger partial charge in [-0.15, -0.1) is 0 Å². The molecule has 1 aliphatic carbocycles. The third-order valence-electron chi connectivity index (χ3n) is 5.08. The number of fused-ring (bicyclic) bond motifs is 1. The molecule has 1 aromatic carbocycles. The van der Waals surface area contributed by atoms with Crippen LogP contribution in [0.3, 0.4) is 0 Å². The first-order chi connectivity index (χ1) is 15.1. The SMILES string of the molecule is COc1cccc(C(=O)N/N=C2\CCCc3oc(C(=O)Nc4cccnc4)c(C)c32)c1. The molecule has 2 amide bonds. The van der Waals surface area contributed by atoms with Gasteiger partial charge in [-0.1, -0.05) is 6.07 Å². The Balaban J connectivity index is 1.56. The van der Waals surface area contributed by atoms with Crippen molar-refractivity contribution in [2.45, 2.75) is 26.2 Å². The number of aryl methyl sites for hydroxylation is 1. The van der Waals surface area contributed by atoms with Crippen LogP contribution >= 0.6 is 0 Å². The van der Waals surface area contributed by atoms with Crippen LogP contribution in [0.25, 0.3) is 0 Å². The van der Waals surface area contributed by atoms with Gasteiger partial charge in [-0.25, -0.2) is 5.43 Å². The number of amides is 2. The van der Waals surface area contributed by atoms with E-state index < -0.39 is 0 Å². The van der Waals surface area contributed by atoms with Crippen molar-refractivity contribution in [3.05, 3.63) is 77.0 Å². The number of anilines is 1. The minimum atomic E-state index is -0.348. The lowest BCUT2D eigenvalue weighted by Crippen LogP contribution is -2.22. The maximum absolute atomic E-state index is 12.7. The van der Waals surface area contributed by atoms with E-state index in [9.17, 15) is 9.59 Å². The largest absolute Gasteiger partial charge is 0.497 e. The number of nitrogens with one attached hydrogen (secondary N) is 2. The third kappa shape index (κ3) is 4.32. The normalized spacial score (nSPS) is 14.1. The second kappa shape index (κ2) is 8.83. The Morgan fingerprint density at radius 1 is 1.16 bits per heavy atom. The summed E-state index contributed by atoms with van der Waals surface area (Å²) >= 11 is 0. The minimum Gasteiger partial charge on any atom is -0.497 e. The number of aromatic nitrogens is 1. The van der Waals surface area contributed by atoms with Gasteiger partial charge in [0.2, 0.25) is 0 Å². The number of ether oxygens (including phenoxy) is 1. The van der Waals surface area contributed by atoms with Crippen molar-refractivity contribution in [1.82, 2.24) is 10.4 Å². The number of benzene rings is 1. The highest BCUT2D eigenvalue weighted by atomic mass is 16.5. The van der Waals surface area contributed by atoms with Crippen molar-refractivity contribution in [2.75, 3.05) is 12.4 Å². The van der Waals surface area contributed by atoms with Gasteiger partial charge in [-0.2, -0.15) is 5.10 Å². The molecule has 0 radical (unpaired) electrons. The Morgan fingerprint density at radius 2 is 2.03 bits per heavy atom. The molecular formula is C23H22N4O4. The van der Waals surface area contributed by atoms with Gasteiger partial charge in [0.1, 0.15) is 11.5 Å². The summed E-state index contributed by atoms with van der Waals surface area (Å²) in [6.45, 7) is 1.82. The van der Waals surface area contributed by atoms with Gasteiger partial charge in [0.05, 0.1) is 24.7 Å². The van der Waals surface area contributed by atoms with E-state index in [2.05, 4.69) is 20.8 Å². The van der Waals surface area contributed by atoms with Crippen LogP contribution in [-0.4, -0.2) is 29.6 Å². The van der Waals surface area contributed by atoms with Crippen LogP contribution in [0.5, 0.6) is 5.75 Å². The Kier molecular flexibility index (Phi) is 5.79. The summed E-state index contributed by atoms with van der Waals surface area (Å²) < 4.78 is 11.0. The van der Waals surface area contributed by atoms with Gasteiger partial charge in [0.25, 0.3) is 11.8 Å². The van der Waals surface area contributed by atoms with Gasteiger partial charge in [0.15, 0.2) is 5.76 Å². The van der Waals surface area contributed by atoms with Gasteiger partial charge >= 0.3 is 0 Å². The fourth-order valence-electron chi connectivity index (χ4n) is 3.57. The van der Waals surface area contributed by atoms with Crippen LogP contribution in [0.2, 0.25) is 0 Å². The molecule has 0 aliphatic heterocycles. The lowest BCUT2D eigenvalue weighted by molar-refractivity contribution is 0.0953. The molecule has 31 heavy (non-hydrogen) atoms. The topological polar surface area (TPSA) is 106 Å². The number of methoxy groups -OCH3 is 1. The number of hydrogen-bond acceptors (Lipinski definition) is 6. The molecule has 158 valence electrons. The van der Waals surface area contributed by atoms with Crippen molar-refractivity contribution in [2.24, 2.45) is 5.10 Å². The Labute approximate surface area is 179 Å². The number of hydrazone groups is 1. The molecule has 4 rings (SSSR count). The smallest absolute Gasteiger partial charge is 0.291 e. The molecule has 2 N–H and O–H groups in total. The fourth-order valence-corrected chi connectivity index (χ4v) is 3.57. The molecule has 0 fully saturated rings. The highest BCUT2D eigenvalue weighted by Gasteiger charge is 2.28. The predicted octanol–water partition coefficient (Wildman–Crippen LogP) is 3.71. The third-order valence-corrected chi connectivity index (χ3v) is 5.08. The number of furan rings is 1. The Morgan fingerprint density at radius 3 is 2.81 bits per heavy atom. The summed E-state index contributed by atoms with van der Waals surface area (Å²) in [5.74, 6) is 0.848. The number of carbonyl (C=O) groups excluding carboxylic acids is 2. The van der Waals surface area contributed by atoms with Crippen molar-refractivity contribution < 1.29 is 18.7 Å². The fraction of sp³-hybridized carbons (Fsp3) is 0.217. The molecule has 0 saturated carbocycles. The van der Waals surface area contributed by atoms with Crippen molar-refractivity contribution in [1.29, 1.82) is 0 Å². The van der Waals surface area contributed by atoms with Gasteiger partial charge in [-0.05, 0) is 50.1 Å². The van der Waals surface area contributed by atoms with E-state index in [1.165, 1.54) is 0 Å².